The number of hydrogen-bond acceptors (Lipinski definition) is 14. The number of aryl methyl sites for hydroxylation is 1. The largest absolute Gasteiger partial charge is 0.458 e. The highest BCUT2D eigenvalue weighted by molar-refractivity contribution is 7.90. The second kappa shape index (κ2) is 22.0. The fourth-order valence-corrected chi connectivity index (χ4v) is 7.14. The van der Waals surface area contributed by atoms with Crippen molar-refractivity contribution >= 4 is 33.0 Å². The highest BCUT2D eigenvalue weighted by Crippen LogP contribution is 2.32. The van der Waals surface area contributed by atoms with Crippen molar-refractivity contribution in [3.8, 4) is 28.6 Å². The second-order valence-corrected chi connectivity index (χ2v) is 16.0. The zero-order valence-corrected chi connectivity index (χ0v) is 34.2. The molecule has 0 spiro atoms. The number of rotatable bonds is 25. The Balaban J connectivity index is 1.08. The minimum atomic E-state index is -3.84. The quantitative estimate of drug-likeness (QED) is 0.0541. The van der Waals surface area contributed by atoms with Crippen LogP contribution < -0.4 is 5.32 Å². The summed E-state index contributed by atoms with van der Waals surface area (Å²) in [5, 5.41) is 17.6. The van der Waals surface area contributed by atoms with Crippen molar-refractivity contribution < 1.29 is 36.9 Å². The average Bonchev–Trinajstić information content (AvgIpc) is 3.84. The fraction of sp³-hybridized carbons (Fsp3) is 0.463. The second-order valence-electron chi connectivity index (χ2n) is 14.2. The third-order valence-corrected chi connectivity index (χ3v) is 10.1. The monoisotopic (exact) mass is 816 g/mol. The van der Waals surface area contributed by atoms with E-state index in [0.717, 1.165) is 31.2 Å². The summed E-state index contributed by atoms with van der Waals surface area (Å²) in [7, 11) is -3.84. The maximum Gasteiger partial charge on any atom is 0.332 e. The first-order valence-electron chi connectivity index (χ1n) is 19.4. The number of benzene rings is 1. The number of aromatic nitrogens is 6. The number of fused-ring (bicyclic) bond motifs is 1. The minimum Gasteiger partial charge on any atom is -0.458 e. The molecule has 0 aliphatic heterocycles. The molecule has 0 aliphatic carbocycles. The van der Waals surface area contributed by atoms with E-state index in [1.807, 2.05) is 43.8 Å². The number of ether oxygens (including phenoxy) is 5. The zero-order chi connectivity index (χ0) is 41.2. The molecule has 0 atom stereocenters. The van der Waals surface area contributed by atoms with Crippen LogP contribution in [0.1, 0.15) is 52.9 Å². The fourth-order valence-electron chi connectivity index (χ4n) is 5.81. The summed E-state index contributed by atoms with van der Waals surface area (Å²) >= 11 is 0. The van der Waals surface area contributed by atoms with Gasteiger partial charge in [0.2, 0.25) is 5.95 Å². The third kappa shape index (κ3) is 13.4. The molecular formula is C41H52N8O8S. The summed E-state index contributed by atoms with van der Waals surface area (Å²) in [5.74, 6) is 0.00778. The molecule has 5 aromatic rings. The molecule has 58 heavy (non-hydrogen) atoms. The van der Waals surface area contributed by atoms with E-state index in [2.05, 4.69) is 21.4 Å². The van der Waals surface area contributed by atoms with Crippen molar-refractivity contribution in [2.45, 2.75) is 69.9 Å². The van der Waals surface area contributed by atoms with Gasteiger partial charge in [-0.1, -0.05) is 31.0 Å². The van der Waals surface area contributed by atoms with E-state index < -0.39 is 21.6 Å². The first-order valence-corrected chi connectivity index (χ1v) is 20.8. The van der Waals surface area contributed by atoms with Gasteiger partial charge in [-0.15, -0.1) is 0 Å². The summed E-state index contributed by atoms with van der Waals surface area (Å²) in [5.41, 5.74) is 2.58. The maximum atomic E-state index is 13.4. The predicted molar refractivity (Wildman–Crippen MR) is 217 cm³/mol. The summed E-state index contributed by atoms with van der Waals surface area (Å²) in [6, 6.07) is 15.8. The number of nitrogens with zero attached hydrogens (tertiary/aromatic N) is 7. The Morgan fingerprint density at radius 1 is 0.879 bits per heavy atom. The molecule has 4 heterocycles. The van der Waals surface area contributed by atoms with Gasteiger partial charge in [0.25, 0.3) is 10.0 Å². The zero-order valence-electron chi connectivity index (χ0n) is 33.3. The molecule has 0 unspecified atom stereocenters. The lowest BCUT2D eigenvalue weighted by Gasteiger charge is -2.19. The van der Waals surface area contributed by atoms with Crippen molar-refractivity contribution in [3.63, 3.8) is 0 Å². The smallest absolute Gasteiger partial charge is 0.332 e. The summed E-state index contributed by atoms with van der Waals surface area (Å²) in [6.45, 7) is 9.61. The molecule has 16 nitrogen and oxygen atoms in total. The van der Waals surface area contributed by atoms with Crippen molar-refractivity contribution in [1.82, 2.24) is 28.7 Å². The van der Waals surface area contributed by atoms with Gasteiger partial charge in [0, 0.05) is 61.0 Å². The number of nitriles is 1. The number of unbranched alkanes of at least 4 members (excludes halogenated alkanes) is 3. The summed E-state index contributed by atoms with van der Waals surface area (Å²) in [6.07, 6.45) is 10.9. The van der Waals surface area contributed by atoms with Gasteiger partial charge in [0.1, 0.15) is 17.9 Å². The number of carbonyl (C=O) groups is 1. The highest BCUT2D eigenvalue weighted by Gasteiger charge is 2.22. The Kier molecular flexibility index (Phi) is 16.7. The molecule has 4 aromatic heterocycles. The number of anilines is 1. The minimum absolute atomic E-state index is 0.0981. The molecule has 5 rings (SSSR count). The summed E-state index contributed by atoms with van der Waals surface area (Å²) < 4.78 is 57.1. The van der Waals surface area contributed by atoms with Gasteiger partial charge in [-0.05, 0) is 63.9 Å². The van der Waals surface area contributed by atoms with Crippen molar-refractivity contribution in [3.05, 3.63) is 73.3 Å². The Morgan fingerprint density at radius 3 is 2.31 bits per heavy atom. The van der Waals surface area contributed by atoms with E-state index in [4.69, 9.17) is 39.0 Å². The van der Waals surface area contributed by atoms with Crippen LogP contribution >= 0.6 is 0 Å². The van der Waals surface area contributed by atoms with Crippen molar-refractivity contribution in [2.24, 2.45) is 0 Å². The van der Waals surface area contributed by atoms with E-state index >= 15 is 0 Å². The van der Waals surface area contributed by atoms with Crippen LogP contribution in [-0.2, 0) is 45.0 Å². The molecule has 0 saturated carbocycles. The van der Waals surface area contributed by atoms with E-state index in [-0.39, 0.29) is 11.5 Å². The molecule has 1 aromatic carbocycles. The molecule has 1 N–H and O–H groups in total. The molecule has 17 heteroatoms. The van der Waals surface area contributed by atoms with Crippen molar-refractivity contribution in [2.75, 3.05) is 64.7 Å². The van der Waals surface area contributed by atoms with Gasteiger partial charge in [0.15, 0.2) is 5.65 Å². The van der Waals surface area contributed by atoms with Gasteiger partial charge < -0.3 is 29.0 Å². The van der Waals surface area contributed by atoms with Gasteiger partial charge in [-0.25, -0.2) is 32.1 Å². The molecule has 0 amide bonds. The Hall–Kier alpha value is -5.25. The lowest BCUT2D eigenvalue weighted by molar-refractivity contribution is -0.160. The van der Waals surface area contributed by atoms with Crippen LogP contribution in [0.4, 0.5) is 5.95 Å². The number of nitrogens with one attached hydrogen (secondary N) is 1. The van der Waals surface area contributed by atoms with Gasteiger partial charge in [-0.2, -0.15) is 10.4 Å². The van der Waals surface area contributed by atoms with Crippen LogP contribution in [0.15, 0.2) is 78.2 Å². The van der Waals surface area contributed by atoms with Crippen LogP contribution in [0, 0.1) is 11.3 Å². The van der Waals surface area contributed by atoms with Crippen LogP contribution in [-0.4, -0.2) is 108 Å². The Labute approximate surface area is 339 Å². The molecular weight excluding hydrogens is 765 g/mol. The third-order valence-electron chi connectivity index (χ3n) is 8.46. The molecule has 0 radical (unpaired) electrons. The standard InChI is InChI=1S/C41H52N8O8S/c1-41(2,3)57-37(50)31-56-27-26-55-25-24-54-23-22-53-21-10-5-4-9-19-48-30-35(36-14-18-44-40(46-36)43-17-11-16-42)38(47-48)33-28-32-15-20-49(39(32)45-29-33)58(51,52)34-12-7-6-8-13-34/h6-8,12-15,18,20,28-30H,4-5,9-11,17,19,21-27,31H2,1-3H3,(H,43,44,46). The lowest BCUT2D eigenvalue weighted by atomic mass is 10.1. The summed E-state index contributed by atoms with van der Waals surface area (Å²) in [4.78, 5) is 25.4. The Morgan fingerprint density at radius 2 is 1.59 bits per heavy atom. The molecule has 0 aliphatic rings. The highest BCUT2D eigenvalue weighted by atomic mass is 32.2. The number of esters is 1. The van der Waals surface area contributed by atoms with Crippen molar-refractivity contribution in [1.29, 1.82) is 5.26 Å². The van der Waals surface area contributed by atoms with Gasteiger partial charge in [-0.3, -0.25) is 4.68 Å². The number of pyridine rings is 1. The van der Waals surface area contributed by atoms with Gasteiger partial charge >= 0.3 is 5.97 Å². The predicted octanol–water partition coefficient (Wildman–Crippen LogP) is 5.89. The first-order chi connectivity index (χ1) is 28.0. The Bertz CT molecular complexity index is 2200. The van der Waals surface area contributed by atoms with E-state index in [1.54, 1.807) is 48.8 Å². The van der Waals surface area contributed by atoms with Crippen LogP contribution in [0.25, 0.3) is 33.5 Å². The van der Waals surface area contributed by atoms with Crippen LogP contribution in [0.3, 0.4) is 0 Å². The van der Waals surface area contributed by atoms with E-state index in [0.29, 0.717) is 99.7 Å². The normalized spacial score (nSPS) is 11.8. The molecule has 310 valence electrons. The number of carbonyl (C=O) groups excluding carboxylic acids is 1. The average molecular weight is 817 g/mol. The van der Waals surface area contributed by atoms with Gasteiger partial charge in [0.05, 0.1) is 62.7 Å². The van der Waals surface area contributed by atoms with Crippen LogP contribution in [0.5, 0.6) is 0 Å². The molecule has 0 saturated heterocycles. The SMILES string of the molecule is CC(C)(C)OC(=O)COCCOCCOCCOCCCCCCn1cc(-c2ccnc(NCCC#N)n2)c(-c2cnc3c(ccn3S(=O)(=O)c3ccccc3)c2)n1. The molecule has 0 bridgehead atoms. The first kappa shape index (κ1) is 43.9. The lowest BCUT2D eigenvalue weighted by Crippen LogP contribution is -2.27. The van der Waals surface area contributed by atoms with Crippen LogP contribution in [0.2, 0.25) is 0 Å². The van der Waals surface area contributed by atoms with E-state index in [9.17, 15) is 13.2 Å². The number of hydrogen-bond donors (Lipinski definition) is 1. The molecule has 0 fully saturated rings. The maximum absolute atomic E-state index is 13.4. The topological polar surface area (TPSA) is 195 Å². The van der Waals surface area contributed by atoms with E-state index in [1.165, 1.54) is 10.2 Å².